The lowest BCUT2D eigenvalue weighted by Crippen LogP contribution is -2.74. The molecule has 2 fully saturated rings. The summed E-state index contributed by atoms with van der Waals surface area (Å²) in [6, 6.07) is 5.02. The standard InChI is InChI=1S/C18H17ClFN3O5/c19-11-2-1-9(5-12(11)20)27-10-6-18(7-10)8-23(17(25)26)15(18)14(16(21)24)13-3-4-22-28-13/h1-5,10,14-15H,6-8H2,(H2,21,24)(H,25,26). The summed E-state index contributed by atoms with van der Waals surface area (Å²) in [4.78, 5) is 24.9. The Kier molecular flexibility index (Phi) is 4.41. The molecule has 2 heterocycles. The summed E-state index contributed by atoms with van der Waals surface area (Å²) in [6.07, 6.45) is 1.02. The third-order valence-electron chi connectivity index (χ3n) is 5.54. The van der Waals surface area contributed by atoms with E-state index in [0.717, 1.165) is 0 Å². The minimum absolute atomic E-state index is 0.00458. The molecule has 2 unspecified atom stereocenters. The second kappa shape index (κ2) is 6.66. The molecule has 1 aromatic heterocycles. The van der Waals surface area contributed by atoms with Crippen LogP contribution in [0.2, 0.25) is 5.02 Å². The van der Waals surface area contributed by atoms with Gasteiger partial charge in [0.05, 0.1) is 17.3 Å². The number of benzene rings is 1. The molecule has 2 amide bonds. The zero-order valence-corrected chi connectivity index (χ0v) is 15.3. The van der Waals surface area contributed by atoms with E-state index >= 15 is 0 Å². The molecule has 2 aliphatic rings. The first-order valence-corrected chi connectivity index (χ1v) is 9.00. The number of carbonyl (C=O) groups excluding carboxylic acids is 1. The lowest BCUT2D eigenvalue weighted by atomic mass is 9.53. The second-order valence-corrected chi connectivity index (χ2v) is 7.64. The number of nitrogens with zero attached hydrogens (tertiary/aromatic N) is 2. The number of hydrogen-bond donors (Lipinski definition) is 2. The molecule has 2 atom stereocenters. The van der Waals surface area contributed by atoms with Gasteiger partial charge in [-0.1, -0.05) is 16.8 Å². The van der Waals surface area contributed by atoms with E-state index < -0.39 is 35.2 Å². The van der Waals surface area contributed by atoms with E-state index in [1.165, 1.54) is 29.3 Å². The van der Waals surface area contributed by atoms with Gasteiger partial charge >= 0.3 is 6.09 Å². The first kappa shape index (κ1) is 18.5. The molecule has 2 aromatic rings. The van der Waals surface area contributed by atoms with Crippen molar-refractivity contribution in [1.29, 1.82) is 0 Å². The fourth-order valence-corrected chi connectivity index (χ4v) is 4.47. The van der Waals surface area contributed by atoms with E-state index in [2.05, 4.69) is 5.16 Å². The van der Waals surface area contributed by atoms with Crippen LogP contribution in [0.1, 0.15) is 24.5 Å². The van der Waals surface area contributed by atoms with Gasteiger partial charge in [0, 0.05) is 24.1 Å². The van der Waals surface area contributed by atoms with Crippen LogP contribution in [0.4, 0.5) is 9.18 Å². The average molecular weight is 410 g/mol. The molecule has 148 valence electrons. The number of nitrogens with two attached hydrogens (primary N) is 1. The molecule has 4 rings (SSSR count). The van der Waals surface area contributed by atoms with Crippen molar-refractivity contribution in [3.8, 4) is 5.75 Å². The van der Waals surface area contributed by atoms with Crippen LogP contribution in [-0.4, -0.2) is 45.9 Å². The van der Waals surface area contributed by atoms with Crippen molar-refractivity contribution in [2.75, 3.05) is 6.54 Å². The van der Waals surface area contributed by atoms with Crippen molar-refractivity contribution in [3.63, 3.8) is 0 Å². The summed E-state index contributed by atoms with van der Waals surface area (Å²) < 4.78 is 24.5. The summed E-state index contributed by atoms with van der Waals surface area (Å²) in [5.41, 5.74) is 5.10. The van der Waals surface area contributed by atoms with Gasteiger partial charge in [-0.2, -0.15) is 0 Å². The third-order valence-corrected chi connectivity index (χ3v) is 5.85. The molecule has 1 aliphatic heterocycles. The van der Waals surface area contributed by atoms with Gasteiger partial charge in [-0.15, -0.1) is 0 Å². The molecule has 1 saturated heterocycles. The van der Waals surface area contributed by atoms with Crippen molar-refractivity contribution in [3.05, 3.63) is 47.1 Å². The minimum atomic E-state index is -1.13. The quantitative estimate of drug-likeness (QED) is 0.783. The zero-order chi connectivity index (χ0) is 20.1. The van der Waals surface area contributed by atoms with Crippen LogP contribution in [0.3, 0.4) is 0 Å². The summed E-state index contributed by atoms with van der Waals surface area (Å²) in [7, 11) is 0. The Morgan fingerprint density at radius 1 is 1.43 bits per heavy atom. The monoisotopic (exact) mass is 409 g/mol. The Hall–Kier alpha value is -2.81. The SMILES string of the molecule is NC(=O)C(c1ccno1)C1N(C(=O)O)CC12CC(Oc1ccc(Cl)c(F)c1)C2. The van der Waals surface area contributed by atoms with Gasteiger partial charge in [-0.25, -0.2) is 9.18 Å². The molecule has 28 heavy (non-hydrogen) atoms. The van der Waals surface area contributed by atoms with Gasteiger partial charge in [0.15, 0.2) is 5.76 Å². The Morgan fingerprint density at radius 3 is 2.75 bits per heavy atom. The molecule has 0 radical (unpaired) electrons. The fourth-order valence-electron chi connectivity index (χ4n) is 4.35. The maximum atomic E-state index is 13.6. The maximum absolute atomic E-state index is 13.6. The summed E-state index contributed by atoms with van der Waals surface area (Å²) in [6.45, 7) is 0.264. The van der Waals surface area contributed by atoms with Crippen LogP contribution >= 0.6 is 11.6 Å². The van der Waals surface area contributed by atoms with E-state index in [4.69, 9.17) is 26.6 Å². The zero-order valence-electron chi connectivity index (χ0n) is 14.5. The van der Waals surface area contributed by atoms with Gasteiger partial charge in [0.1, 0.15) is 23.6 Å². The van der Waals surface area contributed by atoms with Gasteiger partial charge in [0.2, 0.25) is 5.91 Å². The lowest BCUT2D eigenvalue weighted by Gasteiger charge is -2.64. The van der Waals surface area contributed by atoms with Crippen molar-refractivity contribution in [2.45, 2.75) is 30.9 Å². The number of ether oxygens (including phenoxy) is 1. The summed E-state index contributed by atoms with van der Waals surface area (Å²) in [5.74, 6) is -1.63. The summed E-state index contributed by atoms with van der Waals surface area (Å²) in [5, 5.41) is 13.1. The molecule has 1 spiro atoms. The van der Waals surface area contributed by atoms with Crippen LogP contribution in [0.5, 0.6) is 5.75 Å². The van der Waals surface area contributed by atoms with E-state index in [9.17, 15) is 19.1 Å². The van der Waals surface area contributed by atoms with Gasteiger partial charge in [0.25, 0.3) is 0 Å². The van der Waals surface area contributed by atoms with E-state index in [1.54, 1.807) is 6.07 Å². The Morgan fingerprint density at radius 2 is 2.18 bits per heavy atom. The Balaban J connectivity index is 1.52. The number of halogens is 2. The highest BCUT2D eigenvalue weighted by Crippen LogP contribution is 2.58. The second-order valence-electron chi connectivity index (χ2n) is 7.24. The molecule has 1 aromatic carbocycles. The maximum Gasteiger partial charge on any atom is 0.407 e. The highest BCUT2D eigenvalue weighted by Gasteiger charge is 2.65. The number of likely N-dealkylation sites (tertiary alicyclic amines) is 1. The van der Waals surface area contributed by atoms with Crippen LogP contribution in [-0.2, 0) is 4.79 Å². The van der Waals surface area contributed by atoms with E-state index in [0.29, 0.717) is 18.6 Å². The lowest BCUT2D eigenvalue weighted by molar-refractivity contribution is -0.168. The first-order valence-electron chi connectivity index (χ1n) is 8.62. The minimum Gasteiger partial charge on any atom is -0.490 e. The van der Waals surface area contributed by atoms with Crippen molar-refractivity contribution >= 4 is 23.6 Å². The first-order chi connectivity index (χ1) is 13.3. The number of rotatable bonds is 5. The highest BCUT2D eigenvalue weighted by molar-refractivity contribution is 6.30. The molecule has 1 aliphatic carbocycles. The number of aromatic nitrogens is 1. The number of amides is 2. The number of carboxylic acid groups (broad SMARTS) is 1. The molecule has 1 saturated carbocycles. The van der Waals surface area contributed by atoms with Crippen molar-refractivity contribution in [1.82, 2.24) is 10.1 Å². The topological polar surface area (TPSA) is 119 Å². The van der Waals surface area contributed by atoms with Gasteiger partial charge < -0.3 is 25.0 Å². The van der Waals surface area contributed by atoms with E-state index in [1.807, 2.05) is 0 Å². The molecule has 10 heteroatoms. The number of primary amides is 1. The predicted molar refractivity (Wildman–Crippen MR) is 94.5 cm³/mol. The molecule has 3 N–H and O–H groups in total. The molecule has 0 bridgehead atoms. The molecular weight excluding hydrogens is 393 g/mol. The average Bonchev–Trinajstić information content (AvgIpc) is 3.10. The third kappa shape index (κ3) is 2.95. The molecule has 8 nitrogen and oxygen atoms in total. The highest BCUT2D eigenvalue weighted by atomic mass is 35.5. The smallest absolute Gasteiger partial charge is 0.407 e. The van der Waals surface area contributed by atoms with Crippen LogP contribution < -0.4 is 10.5 Å². The van der Waals surface area contributed by atoms with Crippen molar-refractivity contribution in [2.24, 2.45) is 11.1 Å². The van der Waals surface area contributed by atoms with Crippen LogP contribution in [0, 0.1) is 11.2 Å². The fraction of sp³-hybridized carbons (Fsp3) is 0.389. The summed E-state index contributed by atoms with van der Waals surface area (Å²) >= 11 is 5.67. The van der Waals surface area contributed by atoms with E-state index in [-0.39, 0.29) is 23.4 Å². The Bertz CT molecular complexity index is 916. The van der Waals surface area contributed by atoms with Gasteiger partial charge in [-0.05, 0) is 25.0 Å². The van der Waals surface area contributed by atoms with Crippen LogP contribution in [0.15, 0.2) is 35.0 Å². The number of carbonyl (C=O) groups is 2. The Labute approximate surface area is 164 Å². The largest absolute Gasteiger partial charge is 0.490 e. The number of hydrogen-bond acceptors (Lipinski definition) is 5. The van der Waals surface area contributed by atoms with Crippen molar-refractivity contribution < 1.29 is 28.3 Å². The molecular formula is C18H17ClFN3O5. The van der Waals surface area contributed by atoms with Gasteiger partial charge in [-0.3, -0.25) is 4.79 Å². The van der Waals surface area contributed by atoms with Crippen LogP contribution in [0.25, 0.3) is 0 Å². The predicted octanol–water partition coefficient (Wildman–Crippen LogP) is 2.63. The normalized spacial score (nSPS) is 27.0.